The zero-order chi connectivity index (χ0) is 13.6. The van der Waals surface area contributed by atoms with Crippen LogP contribution in [0.25, 0.3) is 0 Å². The summed E-state index contributed by atoms with van der Waals surface area (Å²) in [5.74, 6) is 0.484. The maximum Gasteiger partial charge on any atom is 0.244 e. The quantitative estimate of drug-likeness (QED) is 0.827. The molecule has 0 spiro atoms. The number of anilines is 1. The van der Waals surface area contributed by atoms with Gasteiger partial charge < -0.3 is 15.4 Å². The maximum absolute atomic E-state index is 11.9. The fourth-order valence-corrected chi connectivity index (χ4v) is 1.15. The van der Waals surface area contributed by atoms with Crippen LogP contribution in [0.1, 0.15) is 13.8 Å². The van der Waals surface area contributed by atoms with E-state index in [1.54, 1.807) is 45.2 Å². The number of hydrogen-bond donors (Lipinski definition) is 2. The molecule has 0 atom stereocenters. The molecule has 0 aliphatic heterocycles. The molecular formula is C13H17N3O2. The van der Waals surface area contributed by atoms with Gasteiger partial charge in [-0.25, -0.2) is 0 Å². The van der Waals surface area contributed by atoms with Crippen molar-refractivity contribution in [3.8, 4) is 11.8 Å². The van der Waals surface area contributed by atoms with E-state index in [1.165, 1.54) is 0 Å². The Hall–Kier alpha value is -2.06. The van der Waals surface area contributed by atoms with Gasteiger partial charge in [0, 0.05) is 5.69 Å². The van der Waals surface area contributed by atoms with Crippen molar-refractivity contribution in [2.75, 3.05) is 19.0 Å². The highest BCUT2D eigenvalue weighted by atomic mass is 16.5. The van der Waals surface area contributed by atoms with Crippen LogP contribution in [-0.4, -0.2) is 25.1 Å². The maximum atomic E-state index is 11.9. The fourth-order valence-electron chi connectivity index (χ4n) is 1.15. The molecule has 96 valence electrons. The lowest BCUT2D eigenvalue weighted by atomic mass is 10.1. The lowest BCUT2D eigenvalue weighted by Crippen LogP contribution is -2.47. The molecule has 0 unspecified atom stereocenters. The van der Waals surface area contributed by atoms with E-state index in [4.69, 9.17) is 10.00 Å². The highest BCUT2D eigenvalue weighted by Gasteiger charge is 2.24. The molecule has 0 bridgehead atoms. The summed E-state index contributed by atoms with van der Waals surface area (Å²) in [6.45, 7) is 3.61. The summed E-state index contributed by atoms with van der Waals surface area (Å²) in [7, 11) is 1.73. The number of rotatable bonds is 5. The number of nitrogens with zero attached hydrogens (tertiary/aromatic N) is 1. The predicted octanol–water partition coefficient (Wildman–Crippen LogP) is 1.53. The van der Waals surface area contributed by atoms with Crippen LogP contribution in [0, 0.1) is 11.3 Å². The molecule has 1 aromatic carbocycles. The van der Waals surface area contributed by atoms with Gasteiger partial charge in [-0.2, -0.15) is 5.26 Å². The van der Waals surface area contributed by atoms with Crippen molar-refractivity contribution in [2.45, 2.75) is 19.4 Å². The molecule has 0 aromatic heterocycles. The summed E-state index contributed by atoms with van der Waals surface area (Å²) in [6.07, 6.45) is 0. The molecule has 1 rings (SSSR count). The Kier molecular flexibility index (Phi) is 4.69. The van der Waals surface area contributed by atoms with Crippen molar-refractivity contribution in [2.24, 2.45) is 0 Å². The second kappa shape index (κ2) is 6.03. The molecule has 0 saturated heterocycles. The van der Waals surface area contributed by atoms with Gasteiger partial charge in [0.15, 0.2) is 6.61 Å². The van der Waals surface area contributed by atoms with Crippen LogP contribution in [0.3, 0.4) is 0 Å². The number of amides is 1. The van der Waals surface area contributed by atoms with Gasteiger partial charge >= 0.3 is 0 Å². The van der Waals surface area contributed by atoms with Crippen molar-refractivity contribution in [3.05, 3.63) is 24.3 Å². The van der Waals surface area contributed by atoms with Crippen LogP contribution in [0.2, 0.25) is 0 Å². The Bertz CT molecular complexity index is 446. The SMILES string of the molecule is CNC(C)(C)C(=O)Nc1ccc(OCC#N)cc1. The normalized spacial score (nSPS) is 10.6. The lowest BCUT2D eigenvalue weighted by molar-refractivity contribution is -0.121. The fraction of sp³-hybridized carbons (Fsp3) is 0.385. The van der Waals surface area contributed by atoms with Gasteiger partial charge in [-0.3, -0.25) is 4.79 Å². The van der Waals surface area contributed by atoms with Crippen LogP contribution in [-0.2, 0) is 4.79 Å². The summed E-state index contributed by atoms with van der Waals surface area (Å²) < 4.78 is 5.12. The molecule has 18 heavy (non-hydrogen) atoms. The Morgan fingerprint density at radius 1 is 1.39 bits per heavy atom. The van der Waals surface area contributed by atoms with E-state index in [-0.39, 0.29) is 12.5 Å². The Morgan fingerprint density at radius 2 is 2.00 bits per heavy atom. The minimum absolute atomic E-state index is 0.0124. The number of ether oxygens (including phenoxy) is 1. The summed E-state index contributed by atoms with van der Waals surface area (Å²) in [5, 5.41) is 14.1. The van der Waals surface area contributed by atoms with Gasteiger partial charge in [0.2, 0.25) is 5.91 Å². The molecular weight excluding hydrogens is 230 g/mol. The first kappa shape index (κ1) is 14.0. The number of likely N-dealkylation sites (N-methyl/N-ethyl adjacent to an activating group) is 1. The highest BCUT2D eigenvalue weighted by Crippen LogP contribution is 2.16. The average molecular weight is 247 g/mol. The van der Waals surface area contributed by atoms with Crippen molar-refractivity contribution >= 4 is 11.6 Å². The van der Waals surface area contributed by atoms with Gasteiger partial charge in [-0.15, -0.1) is 0 Å². The smallest absolute Gasteiger partial charge is 0.244 e. The highest BCUT2D eigenvalue weighted by molar-refractivity contribution is 5.97. The van der Waals surface area contributed by atoms with Crippen LogP contribution in [0.15, 0.2) is 24.3 Å². The van der Waals surface area contributed by atoms with Gasteiger partial charge in [0.25, 0.3) is 0 Å². The van der Waals surface area contributed by atoms with E-state index in [0.717, 1.165) is 0 Å². The van der Waals surface area contributed by atoms with Crippen molar-refractivity contribution in [1.29, 1.82) is 5.26 Å². The molecule has 1 amide bonds. The van der Waals surface area contributed by atoms with Gasteiger partial charge in [0.1, 0.15) is 11.8 Å². The topological polar surface area (TPSA) is 74.2 Å². The predicted molar refractivity (Wildman–Crippen MR) is 69.3 cm³/mol. The summed E-state index contributed by atoms with van der Waals surface area (Å²) in [6, 6.07) is 8.77. The standard InChI is InChI=1S/C13H17N3O2/c1-13(2,15-3)12(17)16-10-4-6-11(7-5-10)18-9-8-14/h4-7,15H,9H2,1-3H3,(H,16,17). The molecule has 5 heteroatoms. The third-order valence-corrected chi connectivity index (χ3v) is 2.61. The molecule has 0 saturated carbocycles. The number of nitrogens with one attached hydrogen (secondary N) is 2. The number of nitriles is 1. The first-order chi connectivity index (χ1) is 8.49. The van der Waals surface area contributed by atoms with E-state index in [9.17, 15) is 4.79 Å². The Labute approximate surface area is 107 Å². The zero-order valence-corrected chi connectivity index (χ0v) is 10.8. The third-order valence-electron chi connectivity index (χ3n) is 2.61. The second-order valence-electron chi connectivity index (χ2n) is 4.30. The van der Waals surface area contributed by atoms with E-state index < -0.39 is 5.54 Å². The molecule has 0 aliphatic carbocycles. The van der Waals surface area contributed by atoms with Gasteiger partial charge in [0.05, 0.1) is 5.54 Å². The first-order valence-electron chi connectivity index (χ1n) is 5.60. The molecule has 5 nitrogen and oxygen atoms in total. The number of carbonyl (C=O) groups excluding carboxylic acids is 1. The molecule has 0 aliphatic rings. The third kappa shape index (κ3) is 3.75. The average Bonchev–Trinajstić information content (AvgIpc) is 2.37. The summed E-state index contributed by atoms with van der Waals surface area (Å²) in [4.78, 5) is 11.9. The summed E-state index contributed by atoms with van der Waals surface area (Å²) >= 11 is 0. The molecule has 2 N–H and O–H groups in total. The largest absolute Gasteiger partial charge is 0.479 e. The second-order valence-corrected chi connectivity index (χ2v) is 4.30. The van der Waals surface area contributed by atoms with Crippen LogP contribution in [0.5, 0.6) is 5.75 Å². The van der Waals surface area contributed by atoms with E-state index >= 15 is 0 Å². The molecule has 1 aromatic rings. The minimum Gasteiger partial charge on any atom is -0.479 e. The van der Waals surface area contributed by atoms with Crippen LogP contribution < -0.4 is 15.4 Å². The van der Waals surface area contributed by atoms with Crippen molar-refractivity contribution in [1.82, 2.24) is 5.32 Å². The first-order valence-corrected chi connectivity index (χ1v) is 5.60. The van der Waals surface area contributed by atoms with Gasteiger partial charge in [-0.05, 0) is 45.2 Å². The van der Waals surface area contributed by atoms with Gasteiger partial charge in [-0.1, -0.05) is 0 Å². The minimum atomic E-state index is -0.629. The van der Waals surface area contributed by atoms with E-state index in [0.29, 0.717) is 11.4 Å². The van der Waals surface area contributed by atoms with E-state index in [2.05, 4.69) is 10.6 Å². The Balaban J connectivity index is 2.64. The monoisotopic (exact) mass is 247 g/mol. The summed E-state index contributed by atoms with van der Waals surface area (Å²) in [5.41, 5.74) is 0.0586. The number of carbonyl (C=O) groups is 1. The van der Waals surface area contributed by atoms with Crippen LogP contribution >= 0.6 is 0 Å². The zero-order valence-electron chi connectivity index (χ0n) is 10.8. The van der Waals surface area contributed by atoms with E-state index in [1.807, 2.05) is 6.07 Å². The molecule has 0 heterocycles. The lowest BCUT2D eigenvalue weighted by Gasteiger charge is -2.22. The van der Waals surface area contributed by atoms with Crippen molar-refractivity contribution in [3.63, 3.8) is 0 Å². The molecule has 0 radical (unpaired) electrons. The van der Waals surface area contributed by atoms with Crippen LogP contribution in [0.4, 0.5) is 5.69 Å². The number of hydrogen-bond acceptors (Lipinski definition) is 4. The Morgan fingerprint density at radius 3 is 2.50 bits per heavy atom. The number of benzene rings is 1. The van der Waals surface area contributed by atoms with Crippen molar-refractivity contribution < 1.29 is 9.53 Å². The molecule has 0 fully saturated rings.